The summed E-state index contributed by atoms with van der Waals surface area (Å²) in [6.45, 7) is 9.96. The highest BCUT2D eigenvalue weighted by Crippen LogP contribution is 2.36. The molecule has 0 aliphatic heterocycles. The average molecular weight is 499 g/mol. The molecule has 0 radical (unpaired) electrons. The summed E-state index contributed by atoms with van der Waals surface area (Å²) in [5.74, 6) is 1.17. The molecule has 2 aromatic carbocycles. The predicted octanol–water partition coefficient (Wildman–Crippen LogP) is 5.52. The number of aromatic nitrogens is 5. The Kier molecular flexibility index (Phi) is 7.51. The highest BCUT2D eigenvalue weighted by molar-refractivity contribution is 5.83. The Hall–Kier alpha value is -3.32. The molecular formula is C30H38N6O. The minimum Gasteiger partial charge on any atom is -0.322 e. The molecule has 1 fully saturated rings. The Balaban J connectivity index is 1.50. The summed E-state index contributed by atoms with van der Waals surface area (Å²) >= 11 is 0. The minimum atomic E-state index is -0.00771. The Bertz CT molecular complexity index is 1400. The second kappa shape index (κ2) is 11.0. The number of nitrogens with one attached hydrogen (secondary N) is 1. The first-order chi connectivity index (χ1) is 17.9. The van der Waals surface area contributed by atoms with Crippen LogP contribution in [0, 0.1) is 19.8 Å². The molecule has 1 saturated carbocycles. The number of benzene rings is 2. The lowest BCUT2D eigenvalue weighted by Gasteiger charge is -2.38. The lowest BCUT2D eigenvalue weighted by molar-refractivity contribution is 0.0840. The average Bonchev–Trinajstić information content (AvgIpc) is 3.56. The van der Waals surface area contributed by atoms with Gasteiger partial charge in [-0.25, -0.2) is 4.68 Å². The number of hydrogen-bond donors (Lipinski definition) is 1. The van der Waals surface area contributed by atoms with Crippen molar-refractivity contribution in [2.45, 2.75) is 85.0 Å². The molecule has 5 rings (SSSR count). The van der Waals surface area contributed by atoms with Crippen molar-refractivity contribution in [3.63, 3.8) is 0 Å². The van der Waals surface area contributed by atoms with Gasteiger partial charge in [0.1, 0.15) is 0 Å². The van der Waals surface area contributed by atoms with Crippen molar-refractivity contribution < 1.29 is 0 Å². The Morgan fingerprint density at radius 3 is 2.57 bits per heavy atom. The van der Waals surface area contributed by atoms with Crippen molar-refractivity contribution in [1.29, 1.82) is 0 Å². The van der Waals surface area contributed by atoms with Crippen LogP contribution in [-0.4, -0.2) is 36.1 Å². The first kappa shape index (κ1) is 25.3. The predicted molar refractivity (Wildman–Crippen MR) is 147 cm³/mol. The van der Waals surface area contributed by atoms with Gasteiger partial charge in [0.05, 0.1) is 6.04 Å². The van der Waals surface area contributed by atoms with E-state index < -0.39 is 0 Å². The van der Waals surface area contributed by atoms with E-state index in [1.54, 1.807) is 0 Å². The third kappa shape index (κ3) is 5.52. The van der Waals surface area contributed by atoms with Crippen LogP contribution in [0.1, 0.15) is 73.7 Å². The molecule has 4 aromatic rings. The number of rotatable bonds is 9. The van der Waals surface area contributed by atoms with Crippen LogP contribution in [0.25, 0.3) is 10.9 Å². The van der Waals surface area contributed by atoms with Gasteiger partial charge >= 0.3 is 0 Å². The summed E-state index contributed by atoms with van der Waals surface area (Å²) in [5.41, 5.74) is 5.32. The van der Waals surface area contributed by atoms with Crippen molar-refractivity contribution in [3.05, 3.63) is 87.0 Å². The number of H-pyrrole nitrogens is 1. The molecule has 0 bridgehead atoms. The van der Waals surface area contributed by atoms with Crippen molar-refractivity contribution in [1.82, 2.24) is 30.1 Å². The molecule has 0 amide bonds. The highest BCUT2D eigenvalue weighted by Gasteiger charge is 2.35. The molecular weight excluding hydrogens is 460 g/mol. The van der Waals surface area contributed by atoms with Crippen LogP contribution in [0.3, 0.4) is 0 Å². The first-order valence-electron chi connectivity index (χ1n) is 13.6. The maximum absolute atomic E-state index is 13.3. The van der Waals surface area contributed by atoms with E-state index in [0.717, 1.165) is 53.7 Å². The Labute approximate surface area is 218 Å². The van der Waals surface area contributed by atoms with Gasteiger partial charge in [0.25, 0.3) is 5.56 Å². The number of hydrogen-bond acceptors (Lipinski definition) is 5. The van der Waals surface area contributed by atoms with Crippen LogP contribution in [0.2, 0.25) is 0 Å². The number of fused-ring (bicyclic) bond motifs is 1. The van der Waals surface area contributed by atoms with Gasteiger partial charge in [0, 0.05) is 35.6 Å². The van der Waals surface area contributed by atoms with Crippen molar-refractivity contribution in [2.24, 2.45) is 5.92 Å². The third-order valence-corrected chi connectivity index (χ3v) is 7.80. The summed E-state index contributed by atoms with van der Waals surface area (Å²) in [5, 5.41) is 14.2. The van der Waals surface area contributed by atoms with Gasteiger partial charge in [-0.3, -0.25) is 9.69 Å². The minimum absolute atomic E-state index is 0.00771. The number of nitrogens with zero attached hydrogens (tertiary/aromatic N) is 5. The van der Waals surface area contributed by atoms with Crippen LogP contribution in [0.5, 0.6) is 0 Å². The second-order valence-corrected chi connectivity index (χ2v) is 11.0. The molecule has 194 valence electrons. The molecule has 1 aliphatic rings. The van der Waals surface area contributed by atoms with E-state index in [2.05, 4.69) is 95.6 Å². The lowest BCUT2D eigenvalue weighted by atomic mass is 9.97. The van der Waals surface area contributed by atoms with E-state index in [0.29, 0.717) is 12.6 Å². The SMILES string of the molecule is Cc1cc(C)c2cc(CN(C3CCCC3)C(c3nnnn3CCc3ccccc3)C(C)C)c(=O)[nH]c2c1. The van der Waals surface area contributed by atoms with Crippen LogP contribution in [0.4, 0.5) is 0 Å². The summed E-state index contributed by atoms with van der Waals surface area (Å²) in [6.07, 6.45) is 5.59. The quantitative estimate of drug-likeness (QED) is 0.329. The number of tetrazole rings is 1. The lowest BCUT2D eigenvalue weighted by Crippen LogP contribution is -2.41. The fourth-order valence-corrected chi connectivity index (χ4v) is 6.01. The normalized spacial score (nSPS) is 15.3. The maximum Gasteiger partial charge on any atom is 0.252 e. The molecule has 0 spiro atoms. The number of aromatic amines is 1. The fraction of sp³-hybridized carbons (Fsp3) is 0.467. The second-order valence-electron chi connectivity index (χ2n) is 11.0. The molecule has 7 nitrogen and oxygen atoms in total. The largest absolute Gasteiger partial charge is 0.322 e. The topological polar surface area (TPSA) is 79.7 Å². The standard InChI is InChI=1S/C30H38N6O/c1-20(2)28(29-32-33-34-36(29)15-14-23-10-6-5-7-11-23)35(25-12-8-9-13-25)19-24-18-26-22(4)16-21(3)17-27(26)31-30(24)37/h5-7,10-11,16-18,20,25,28H,8-9,12-15,19H2,1-4H3,(H,31,37). The molecule has 2 heterocycles. The first-order valence-corrected chi connectivity index (χ1v) is 13.6. The van der Waals surface area contributed by atoms with E-state index in [9.17, 15) is 4.79 Å². The van der Waals surface area contributed by atoms with Gasteiger partial charge in [-0.1, -0.05) is 63.1 Å². The number of aryl methyl sites for hydroxylation is 4. The molecule has 7 heteroatoms. The van der Waals surface area contributed by atoms with Crippen molar-refractivity contribution in [2.75, 3.05) is 0 Å². The third-order valence-electron chi connectivity index (χ3n) is 7.80. The summed E-state index contributed by atoms with van der Waals surface area (Å²) in [6, 6.07) is 17.2. The Morgan fingerprint density at radius 2 is 1.84 bits per heavy atom. The van der Waals surface area contributed by atoms with E-state index in [1.807, 2.05) is 10.7 Å². The monoisotopic (exact) mass is 498 g/mol. The summed E-state index contributed by atoms with van der Waals surface area (Å²) in [4.78, 5) is 19.0. The van der Waals surface area contributed by atoms with Crippen LogP contribution < -0.4 is 5.56 Å². The van der Waals surface area contributed by atoms with E-state index in [1.165, 1.54) is 24.0 Å². The summed E-state index contributed by atoms with van der Waals surface area (Å²) in [7, 11) is 0. The Morgan fingerprint density at radius 1 is 1.08 bits per heavy atom. The molecule has 1 N–H and O–H groups in total. The zero-order valence-corrected chi connectivity index (χ0v) is 22.4. The zero-order valence-electron chi connectivity index (χ0n) is 22.4. The maximum atomic E-state index is 13.3. The van der Waals surface area contributed by atoms with Gasteiger partial charge < -0.3 is 4.98 Å². The summed E-state index contributed by atoms with van der Waals surface area (Å²) < 4.78 is 1.97. The fourth-order valence-electron chi connectivity index (χ4n) is 6.01. The van der Waals surface area contributed by atoms with Crippen molar-refractivity contribution >= 4 is 10.9 Å². The van der Waals surface area contributed by atoms with Gasteiger partial charge in [0.2, 0.25) is 0 Å². The molecule has 1 aliphatic carbocycles. The molecule has 0 saturated heterocycles. The van der Waals surface area contributed by atoms with Crippen molar-refractivity contribution in [3.8, 4) is 0 Å². The van der Waals surface area contributed by atoms with Gasteiger partial charge in [-0.15, -0.1) is 5.10 Å². The van der Waals surface area contributed by atoms with Gasteiger partial charge in [0.15, 0.2) is 5.82 Å². The highest BCUT2D eigenvalue weighted by atomic mass is 16.1. The van der Waals surface area contributed by atoms with E-state index in [4.69, 9.17) is 0 Å². The zero-order chi connectivity index (χ0) is 25.9. The molecule has 37 heavy (non-hydrogen) atoms. The van der Waals surface area contributed by atoms with Crippen LogP contribution in [0.15, 0.2) is 53.3 Å². The molecule has 1 unspecified atom stereocenters. The number of pyridine rings is 1. The smallest absolute Gasteiger partial charge is 0.252 e. The van der Waals surface area contributed by atoms with Gasteiger partial charge in [-0.05, 0) is 78.3 Å². The van der Waals surface area contributed by atoms with Crippen LogP contribution in [-0.2, 0) is 19.5 Å². The van der Waals surface area contributed by atoms with E-state index >= 15 is 0 Å². The van der Waals surface area contributed by atoms with Gasteiger partial charge in [-0.2, -0.15) is 0 Å². The molecule has 2 aromatic heterocycles. The molecule has 1 atom stereocenters. The van der Waals surface area contributed by atoms with E-state index in [-0.39, 0.29) is 17.5 Å². The van der Waals surface area contributed by atoms with Crippen LogP contribution >= 0.6 is 0 Å².